The number of nitrogens with one attached hydrogen (secondary N) is 1. The van der Waals surface area contributed by atoms with Crippen LogP contribution in [-0.4, -0.2) is 22.2 Å². The molecule has 0 aliphatic carbocycles. The lowest BCUT2D eigenvalue weighted by Gasteiger charge is -2.39. The van der Waals surface area contributed by atoms with Crippen LogP contribution in [0.15, 0.2) is 18.2 Å². The van der Waals surface area contributed by atoms with Gasteiger partial charge in [0.15, 0.2) is 0 Å². The molecule has 0 aromatic heterocycles. The number of rotatable bonds is 3. The summed E-state index contributed by atoms with van der Waals surface area (Å²) in [5.74, 6) is 0.139. The number of halogens is 1. The molecule has 100 valence electrons. The number of phenolic OH excluding ortho intramolecular Hbond substituents is 1. The first-order chi connectivity index (χ1) is 8.58. The van der Waals surface area contributed by atoms with Crippen LogP contribution in [0.5, 0.6) is 5.75 Å². The van der Waals surface area contributed by atoms with Gasteiger partial charge in [-0.3, -0.25) is 5.43 Å². The lowest BCUT2D eigenvalue weighted by atomic mass is 10.00. The first-order valence-electron chi connectivity index (χ1n) is 6.57. The Labute approximate surface area is 114 Å². The molecule has 1 aliphatic rings. The maximum Gasteiger partial charge on any atom is 0.134 e. The molecule has 0 radical (unpaired) electrons. The van der Waals surface area contributed by atoms with Crippen molar-refractivity contribution in [3.63, 3.8) is 0 Å². The molecule has 0 spiro atoms. The molecule has 1 heterocycles. The zero-order valence-corrected chi connectivity index (χ0v) is 11.7. The average molecular weight is 269 g/mol. The van der Waals surface area contributed by atoms with Crippen LogP contribution in [0, 0.1) is 0 Å². The van der Waals surface area contributed by atoms with Crippen molar-refractivity contribution in [1.29, 1.82) is 0 Å². The van der Waals surface area contributed by atoms with Crippen molar-refractivity contribution in [3.8, 4) is 5.75 Å². The molecule has 0 saturated carbocycles. The number of phenols is 1. The molecule has 2 N–H and O–H groups in total. The first kappa shape index (κ1) is 13.7. The van der Waals surface area contributed by atoms with Gasteiger partial charge in [0, 0.05) is 18.6 Å². The van der Waals surface area contributed by atoms with Crippen molar-refractivity contribution in [2.45, 2.75) is 51.7 Å². The fourth-order valence-corrected chi connectivity index (χ4v) is 2.78. The Bertz CT molecular complexity index is 401. The first-order valence-corrected chi connectivity index (χ1v) is 6.95. The van der Waals surface area contributed by atoms with Crippen LogP contribution >= 0.6 is 11.6 Å². The maximum absolute atomic E-state index is 9.38. The summed E-state index contributed by atoms with van der Waals surface area (Å²) >= 11 is 5.90. The molecule has 4 heteroatoms. The molecule has 2 atom stereocenters. The van der Waals surface area contributed by atoms with Crippen LogP contribution in [0.4, 0.5) is 0 Å². The van der Waals surface area contributed by atoms with Crippen molar-refractivity contribution in [2.75, 3.05) is 0 Å². The molecule has 1 aliphatic heterocycles. The second-order valence-corrected chi connectivity index (χ2v) is 5.56. The average Bonchev–Trinajstić information content (AvgIpc) is 2.33. The van der Waals surface area contributed by atoms with E-state index in [0.29, 0.717) is 17.1 Å². The van der Waals surface area contributed by atoms with Gasteiger partial charge in [0.05, 0.1) is 5.02 Å². The van der Waals surface area contributed by atoms with Crippen molar-refractivity contribution >= 4 is 11.6 Å². The summed E-state index contributed by atoms with van der Waals surface area (Å²) in [5, 5.41) is 12.1. The monoisotopic (exact) mass is 268 g/mol. The number of benzene rings is 1. The number of aromatic hydroxyl groups is 1. The lowest BCUT2D eigenvalue weighted by molar-refractivity contribution is 0.0435. The number of hydrogen-bond acceptors (Lipinski definition) is 3. The van der Waals surface area contributed by atoms with E-state index in [1.807, 2.05) is 12.1 Å². The van der Waals surface area contributed by atoms with E-state index in [1.165, 1.54) is 19.3 Å². The van der Waals surface area contributed by atoms with Crippen molar-refractivity contribution in [3.05, 3.63) is 28.8 Å². The SMILES string of the molecule is CC1CCCC(C)N1NCc1ccc(O)c(Cl)c1. The Morgan fingerprint density at radius 3 is 2.61 bits per heavy atom. The van der Waals surface area contributed by atoms with Crippen LogP contribution < -0.4 is 5.43 Å². The normalized spacial score (nSPS) is 25.3. The van der Waals surface area contributed by atoms with Gasteiger partial charge in [-0.1, -0.05) is 24.1 Å². The summed E-state index contributed by atoms with van der Waals surface area (Å²) in [5.41, 5.74) is 4.56. The van der Waals surface area contributed by atoms with Gasteiger partial charge < -0.3 is 5.11 Å². The van der Waals surface area contributed by atoms with E-state index in [0.717, 1.165) is 12.1 Å². The number of piperidine rings is 1. The highest BCUT2D eigenvalue weighted by Crippen LogP contribution is 2.24. The van der Waals surface area contributed by atoms with E-state index in [9.17, 15) is 5.11 Å². The van der Waals surface area contributed by atoms with Gasteiger partial charge >= 0.3 is 0 Å². The quantitative estimate of drug-likeness (QED) is 0.883. The predicted octanol–water partition coefficient (Wildman–Crippen LogP) is 3.31. The molecule has 1 aromatic rings. The van der Waals surface area contributed by atoms with Crippen molar-refractivity contribution in [2.24, 2.45) is 0 Å². The maximum atomic E-state index is 9.38. The minimum atomic E-state index is 0.139. The Balaban J connectivity index is 1.95. The minimum Gasteiger partial charge on any atom is -0.506 e. The van der Waals surface area contributed by atoms with Crippen LogP contribution in [0.2, 0.25) is 5.02 Å². The highest BCUT2D eigenvalue weighted by atomic mass is 35.5. The van der Waals surface area contributed by atoms with Crippen molar-refractivity contribution in [1.82, 2.24) is 10.4 Å². The molecule has 1 aromatic carbocycles. The third-order valence-electron chi connectivity index (χ3n) is 3.67. The number of nitrogens with zero attached hydrogens (tertiary/aromatic N) is 1. The van der Waals surface area contributed by atoms with Gasteiger partial charge in [0.1, 0.15) is 5.75 Å². The molecule has 0 bridgehead atoms. The van der Waals surface area contributed by atoms with E-state index in [2.05, 4.69) is 24.3 Å². The third-order valence-corrected chi connectivity index (χ3v) is 3.97. The standard InChI is InChI=1S/C14H21ClN2O/c1-10-4-3-5-11(2)17(10)16-9-12-6-7-14(18)13(15)8-12/h6-8,10-11,16,18H,3-5,9H2,1-2H3. The molecular weight excluding hydrogens is 248 g/mol. The highest BCUT2D eigenvalue weighted by molar-refractivity contribution is 6.32. The minimum absolute atomic E-state index is 0.139. The van der Waals surface area contributed by atoms with Crippen LogP contribution in [-0.2, 0) is 6.54 Å². The third kappa shape index (κ3) is 3.16. The molecule has 2 unspecified atom stereocenters. The second kappa shape index (κ2) is 5.91. The van der Waals surface area contributed by atoms with E-state index in [-0.39, 0.29) is 5.75 Å². The molecule has 1 fully saturated rings. The fourth-order valence-electron chi connectivity index (χ4n) is 2.58. The molecule has 0 amide bonds. The Hall–Kier alpha value is -0.770. The van der Waals surface area contributed by atoms with Gasteiger partial charge in [0.2, 0.25) is 0 Å². The number of hydrazine groups is 1. The van der Waals surface area contributed by atoms with Crippen molar-refractivity contribution < 1.29 is 5.11 Å². The van der Waals surface area contributed by atoms with Gasteiger partial charge in [-0.2, -0.15) is 0 Å². The zero-order valence-electron chi connectivity index (χ0n) is 11.0. The summed E-state index contributed by atoms with van der Waals surface area (Å²) in [6, 6.07) is 6.49. The Morgan fingerprint density at radius 1 is 1.33 bits per heavy atom. The van der Waals surface area contributed by atoms with Gasteiger partial charge in [-0.15, -0.1) is 0 Å². The highest BCUT2D eigenvalue weighted by Gasteiger charge is 2.24. The van der Waals surface area contributed by atoms with E-state index in [4.69, 9.17) is 11.6 Å². The Morgan fingerprint density at radius 2 is 2.00 bits per heavy atom. The van der Waals surface area contributed by atoms with Crippen LogP contribution in [0.1, 0.15) is 38.7 Å². The largest absolute Gasteiger partial charge is 0.506 e. The summed E-state index contributed by atoms with van der Waals surface area (Å²) in [4.78, 5) is 0. The second-order valence-electron chi connectivity index (χ2n) is 5.16. The van der Waals surface area contributed by atoms with E-state index >= 15 is 0 Å². The van der Waals surface area contributed by atoms with Gasteiger partial charge in [-0.25, -0.2) is 5.01 Å². The van der Waals surface area contributed by atoms with Gasteiger partial charge in [-0.05, 0) is 44.4 Å². The topological polar surface area (TPSA) is 35.5 Å². The molecule has 2 rings (SSSR count). The smallest absolute Gasteiger partial charge is 0.134 e. The van der Waals surface area contributed by atoms with E-state index < -0.39 is 0 Å². The van der Waals surface area contributed by atoms with Crippen LogP contribution in [0.25, 0.3) is 0 Å². The molecular formula is C14H21ClN2O. The fraction of sp³-hybridized carbons (Fsp3) is 0.571. The van der Waals surface area contributed by atoms with E-state index in [1.54, 1.807) is 6.07 Å². The molecule has 1 saturated heterocycles. The summed E-state index contributed by atoms with van der Waals surface area (Å²) in [6.45, 7) is 5.26. The summed E-state index contributed by atoms with van der Waals surface area (Å²) in [6.07, 6.45) is 3.80. The van der Waals surface area contributed by atoms with Crippen LogP contribution in [0.3, 0.4) is 0 Å². The summed E-state index contributed by atoms with van der Waals surface area (Å²) < 4.78 is 0. The zero-order chi connectivity index (χ0) is 13.1. The Kier molecular flexibility index (Phi) is 4.49. The predicted molar refractivity (Wildman–Crippen MR) is 74.6 cm³/mol. The molecule has 3 nitrogen and oxygen atoms in total. The lowest BCUT2D eigenvalue weighted by Crippen LogP contribution is -2.51. The number of hydrogen-bond donors (Lipinski definition) is 2. The molecule has 18 heavy (non-hydrogen) atoms. The van der Waals surface area contributed by atoms with Gasteiger partial charge in [0.25, 0.3) is 0 Å². The summed E-state index contributed by atoms with van der Waals surface area (Å²) in [7, 11) is 0.